The van der Waals surface area contributed by atoms with Crippen LogP contribution in [0, 0.1) is 3.80 Å². The third kappa shape index (κ3) is 7.60. The number of ether oxygens (including phenoxy) is 1. The molecule has 7 aromatic carbocycles. The van der Waals surface area contributed by atoms with E-state index in [0.717, 1.165) is 56.2 Å². The summed E-state index contributed by atoms with van der Waals surface area (Å²) in [7, 11) is 0. The summed E-state index contributed by atoms with van der Waals surface area (Å²) in [5.41, 5.74) is 17.5. The molecule has 5 nitrogen and oxygen atoms in total. The number of aromatic nitrogens is 4. The van der Waals surface area contributed by atoms with Gasteiger partial charge in [-0.25, -0.2) is 0 Å². The number of para-hydroxylation sites is 2. The maximum atomic E-state index is 6.94. The Balaban J connectivity index is 0.999. The number of hydrogen-bond acceptors (Lipinski definition) is 2. The van der Waals surface area contributed by atoms with Crippen LogP contribution in [0.25, 0.3) is 72.3 Å². The van der Waals surface area contributed by atoms with E-state index in [0.29, 0.717) is 5.92 Å². The average molecular weight is 1070 g/mol. The number of rotatable bonds is 8. The van der Waals surface area contributed by atoms with Crippen LogP contribution in [0.15, 0.2) is 170 Å². The molecule has 340 valence electrons. The molecule has 3 heterocycles. The summed E-state index contributed by atoms with van der Waals surface area (Å²) >= 11 is 2.57. The first-order valence-electron chi connectivity index (χ1n) is 24.6. The van der Waals surface area contributed by atoms with Gasteiger partial charge in [0.2, 0.25) is 0 Å². The van der Waals surface area contributed by atoms with Crippen molar-refractivity contribution in [1.29, 1.82) is 0 Å². The molecular formula is C62H56N4OPt. The van der Waals surface area contributed by atoms with Crippen LogP contribution >= 0.6 is 0 Å². The molecular weight excluding hydrogens is 1010 g/mol. The van der Waals surface area contributed by atoms with E-state index in [-0.39, 0.29) is 5.41 Å². The first kappa shape index (κ1) is 42.8. The average Bonchev–Trinajstić information content (AvgIpc) is 3.86. The van der Waals surface area contributed by atoms with Gasteiger partial charge in [0.25, 0.3) is 0 Å². The molecule has 0 radical (unpaired) electrons. The Kier molecular flexibility index (Phi) is 11.0. The van der Waals surface area contributed by atoms with Crippen LogP contribution in [0.1, 0.15) is 93.9 Å². The molecule has 1 fully saturated rings. The maximum absolute atomic E-state index is 6.94. The standard InChI is InChI=1S/C62H56N4O.Pt/c1-62(2,3)47-34-35-63-59(38-47)66-55-33-30-45(42-18-7-4-8-19-42)36-54(55)52-32-31-50(40-58(52)66)67-49-26-17-25-48(39-49)64-41-65(57-29-16-15-28-56(57)64)61-53(43-20-9-5-10-21-43)37-46-24-13-14-27-51(46)60(61)44-22-11-6-12-23-44;/h5-6,9-12,15-17,20-23,25-26,28-40,42H,4,7-8,13-14,18-19,24,27H2,1-3H3;. The number of hydrogen-bond donors (Lipinski definition) is 0. The second kappa shape index (κ2) is 17.5. The third-order valence-corrected chi connectivity index (χ3v) is 15.7. The molecule has 12 rings (SSSR count). The third-order valence-electron chi connectivity index (χ3n) is 14.7. The Morgan fingerprint density at radius 2 is 1.28 bits per heavy atom. The van der Waals surface area contributed by atoms with Crippen LogP contribution in [0.5, 0.6) is 11.5 Å². The molecule has 0 saturated heterocycles. The molecule has 0 amide bonds. The molecule has 2 aliphatic rings. The fourth-order valence-electron chi connectivity index (χ4n) is 11.3. The summed E-state index contributed by atoms with van der Waals surface area (Å²) in [6.07, 6.45) is 13.1. The van der Waals surface area contributed by atoms with Gasteiger partial charge in [0.1, 0.15) is 0 Å². The van der Waals surface area contributed by atoms with Crippen molar-refractivity contribution in [3.8, 4) is 50.9 Å². The zero-order valence-electron chi connectivity index (χ0n) is 39.1. The number of fused-ring (bicyclic) bond motifs is 5. The van der Waals surface area contributed by atoms with Gasteiger partial charge in [-0.15, -0.1) is 0 Å². The summed E-state index contributed by atoms with van der Waals surface area (Å²) in [5, 5.41) is 2.48. The minimum absolute atomic E-state index is 0.0129. The van der Waals surface area contributed by atoms with Crippen molar-refractivity contribution < 1.29 is 24.1 Å². The number of benzene rings is 7. The van der Waals surface area contributed by atoms with Crippen molar-refractivity contribution >= 4 is 32.8 Å². The molecule has 1 saturated carbocycles. The Labute approximate surface area is 410 Å². The Morgan fingerprint density at radius 3 is 2.06 bits per heavy atom. The number of pyridine rings is 1. The molecule has 6 heteroatoms. The first-order chi connectivity index (χ1) is 33.3. The van der Waals surface area contributed by atoms with Crippen molar-refractivity contribution in [3.05, 3.63) is 196 Å². The van der Waals surface area contributed by atoms with Crippen molar-refractivity contribution in [2.75, 3.05) is 0 Å². The second-order valence-electron chi connectivity index (χ2n) is 20.0. The van der Waals surface area contributed by atoms with E-state index in [1.54, 1.807) is 0 Å². The van der Waals surface area contributed by atoms with Crippen LogP contribution in [0.3, 0.4) is 0 Å². The zero-order valence-corrected chi connectivity index (χ0v) is 41.4. The van der Waals surface area contributed by atoms with E-state index in [1.165, 1.54) is 111 Å². The normalized spacial score (nSPS) is 14.5. The summed E-state index contributed by atoms with van der Waals surface area (Å²) in [4.78, 5) is 5.01. The van der Waals surface area contributed by atoms with Gasteiger partial charge < -0.3 is 0 Å². The van der Waals surface area contributed by atoms with Gasteiger partial charge in [-0.05, 0) is 41.4 Å². The van der Waals surface area contributed by atoms with Gasteiger partial charge in [-0.2, -0.15) is 0 Å². The van der Waals surface area contributed by atoms with Gasteiger partial charge in [-0.3, -0.25) is 0 Å². The van der Waals surface area contributed by atoms with Crippen LogP contribution < -0.4 is 4.74 Å². The van der Waals surface area contributed by atoms with E-state index in [1.807, 2.05) is 6.20 Å². The van der Waals surface area contributed by atoms with E-state index < -0.39 is 0 Å². The molecule has 2 aliphatic carbocycles. The van der Waals surface area contributed by atoms with E-state index >= 15 is 0 Å². The Bertz CT molecular complexity index is 3590. The number of nitrogens with zero attached hydrogens (tertiary/aromatic N) is 4. The molecule has 68 heavy (non-hydrogen) atoms. The number of aryl methyl sites for hydroxylation is 1. The fraction of sp³-hybridized carbons (Fsp3) is 0.226. The SMILES string of the molecule is CC(C)(C)c1ccnc(-n2c3ccc(C4CCCCC4)cc3c3ccc(Oc4cccc(-n5[c](=[Pt])n(-c6c(-c7ccccc7)cc7c(c6-c6ccccc6)CCCC7)c6ccccc65)c4)cc32)c1. The summed E-state index contributed by atoms with van der Waals surface area (Å²) in [6, 6.07) is 60.2. The van der Waals surface area contributed by atoms with Gasteiger partial charge >= 0.3 is 319 Å². The summed E-state index contributed by atoms with van der Waals surface area (Å²) in [5.74, 6) is 3.11. The first-order valence-corrected chi connectivity index (χ1v) is 25.7. The zero-order chi connectivity index (χ0) is 45.9. The predicted molar refractivity (Wildman–Crippen MR) is 277 cm³/mol. The van der Waals surface area contributed by atoms with Gasteiger partial charge in [-0.1, -0.05) is 46.1 Å². The van der Waals surface area contributed by atoms with Crippen LogP contribution in [-0.2, 0) is 37.6 Å². The fourth-order valence-corrected chi connectivity index (χ4v) is 12.4. The van der Waals surface area contributed by atoms with Gasteiger partial charge in [0.15, 0.2) is 0 Å². The quantitative estimate of drug-likeness (QED) is 0.152. The van der Waals surface area contributed by atoms with Crippen molar-refractivity contribution in [2.45, 2.75) is 89.9 Å². The van der Waals surface area contributed by atoms with Crippen molar-refractivity contribution in [1.82, 2.24) is 18.7 Å². The summed E-state index contributed by atoms with van der Waals surface area (Å²) < 4.78 is 15.3. The number of imidazole rings is 1. The summed E-state index contributed by atoms with van der Waals surface area (Å²) in [6.45, 7) is 6.80. The van der Waals surface area contributed by atoms with Gasteiger partial charge in [0.05, 0.1) is 0 Å². The Hall–Kier alpha value is -6.55. The van der Waals surface area contributed by atoms with E-state index in [2.05, 4.69) is 218 Å². The Morgan fingerprint density at radius 1 is 0.559 bits per heavy atom. The van der Waals surface area contributed by atoms with Crippen molar-refractivity contribution in [3.63, 3.8) is 0 Å². The predicted octanol–water partition coefficient (Wildman–Crippen LogP) is 16.3. The molecule has 0 N–H and O–H groups in total. The molecule has 0 aliphatic heterocycles. The molecule has 0 bridgehead atoms. The molecule has 0 spiro atoms. The molecule has 0 atom stereocenters. The van der Waals surface area contributed by atoms with Crippen LogP contribution in [-0.4, -0.2) is 18.7 Å². The van der Waals surface area contributed by atoms with Crippen molar-refractivity contribution in [2.24, 2.45) is 0 Å². The van der Waals surface area contributed by atoms with Crippen LogP contribution in [0.2, 0.25) is 0 Å². The minimum atomic E-state index is -0.0129. The van der Waals surface area contributed by atoms with E-state index in [9.17, 15) is 0 Å². The van der Waals surface area contributed by atoms with Crippen LogP contribution in [0.4, 0.5) is 0 Å². The molecule has 0 unspecified atom stereocenters. The van der Waals surface area contributed by atoms with Gasteiger partial charge in [0, 0.05) is 6.20 Å². The van der Waals surface area contributed by atoms with E-state index in [4.69, 9.17) is 9.72 Å². The second-order valence-corrected chi connectivity index (χ2v) is 21.0. The molecule has 10 aromatic rings. The topological polar surface area (TPSA) is 36.9 Å². The monoisotopic (exact) mass is 1070 g/mol. The molecule has 3 aromatic heterocycles.